The summed E-state index contributed by atoms with van der Waals surface area (Å²) in [7, 11) is -3.15. The number of anilines is 1. The van der Waals surface area contributed by atoms with Gasteiger partial charge in [0, 0.05) is 29.8 Å². The second-order valence-corrected chi connectivity index (χ2v) is 7.66. The number of nitrogens with one attached hydrogen (secondary N) is 1. The van der Waals surface area contributed by atoms with Crippen LogP contribution < -0.4 is 9.62 Å². The van der Waals surface area contributed by atoms with Crippen LogP contribution in [0.1, 0.15) is 18.4 Å². The first-order valence-corrected chi connectivity index (χ1v) is 8.88. The van der Waals surface area contributed by atoms with Gasteiger partial charge in [-0.15, -0.1) is 0 Å². The molecule has 19 heavy (non-hydrogen) atoms. The molecule has 0 unspecified atom stereocenters. The van der Waals surface area contributed by atoms with Crippen molar-refractivity contribution in [3.63, 3.8) is 0 Å². The Morgan fingerprint density at radius 3 is 2.89 bits per heavy atom. The molecule has 2 rings (SSSR count). The van der Waals surface area contributed by atoms with Gasteiger partial charge in [-0.2, -0.15) is 0 Å². The molecule has 0 bridgehead atoms. The maximum Gasteiger partial charge on any atom is 0.209 e. The lowest BCUT2D eigenvalue weighted by molar-refractivity contribution is 0.465. The van der Waals surface area contributed by atoms with Gasteiger partial charge in [0.25, 0.3) is 0 Å². The summed E-state index contributed by atoms with van der Waals surface area (Å²) in [4.78, 5) is 6.58. The Balaban J connectivity index is 2.12. The van der Waals surface area contributed by atoms with Crippen LogP contribution in [0.2, 0.25) is 0 Å². The predicted octanol–water partition coefficient (Wildman–Crippen LogP) is 1.67. The molecular formula is C12H18BrN3O2S. The zero-order valence-electron chi connectivity index (χ0n) is 11.1. The van der Waals surface area contributed by atoms with Gasteiger partial charge in [0.15, 0.2) is 0 Å². The minimum Gasteiger partial charge on any atom is -0.355 e. The number of hydrogen-bond donors (Lipinski definition) is 1. The van der Waals surface area contributed by atoms with Crippen molar-refractivity contribution in [3.8, 4) is 0 Å². The fraction of sp³-hybridized carbons (Fsp3) is 0.583. The molecule has 1 aliphatic rings. The normalized spacial score (nSPS) is 20.6. The number of rotatable bonds is 3. The molecule has 106 valence electrons. The molecule has 1 saturated heterocycles. The van der Waals surface area contributed by atoms with Crippen LogP contribution in [0.15, 0.2) is 16.7 Å². The summed E-state index contributed by atoms with van der Waals surface area (Å²) in [6.07, 6.45) is 4.81. The van der Waals surface area contributed by atoms with E-state index in [1.807, 2.05) is 13.0 Å². The topological polar surface area (TPSA) is 62.3 Å². The van der Waals surface area contributed by atoms with Gasteiger partial charge in [-0.25, -0.2) is 18.1 Å². The van der Waals surface area contributed by atoms with Gasteiger partial charge >= 0.3 is 0 Å². The molecule has 1 atom stereocenters. The molecule has 1 aliphatic heterocycles. The highest BCUT2D eigenvalue weighted by Crippen LogP contribution is 2.24. The van der Waals surface area contributed by atoms with Gasteiger partial charge < -0.3 is 4.90 Å². The van der Waals surface area contributed by atoms with Crippen LogP contribution in [0.5, 0.6) is 0 Å². The molecule has 0 aliphatic carbocycles. The Morgan fingerprint density at radius 1 is 1.53 bits per heavy atom. The Hall–Kier alpha value is -0.660. The molecule has 1 aromatic heterocycles. The molecule has 7 heteroatoms. The zero-order valence-corrected chi connectivity index (χ0v) is 13.5. The number of halogens is 1. The Labute approximate surface area is 122 Å². The number of nitrogens with zero attached hydrogens (tertiary/aromatic N) is 2. The van der Waals surface area contributed by atoms with Crippen LogP contribution in [0, 0.1) is 6.92 Å². The van der Waals surface area contributed by atoms with Crippen LogP contribution in [0.4, 0.5) is 5.82 Å². The van der Waals surface area contributed by atoms with E-state index in [2.05, 4.69) is 30.5 Å². The van der Waals surface area contributed by atoms with Crippen LogP contribution >= 0.6 is 15.9 Å². The summed E-state index contributed by atoms with van der Waals surface area (Å²) < 4.78 is 26.2. The van der Waals surface area contributed by atoms with Crippen LogP contribution in [0.3, 0.4) is 0 Å². The summed E-state index contributed by atoms with van der Waals surface area (Å²) in [5.41, 5.74) is 1.09. The van der Waals surface area contributed by atoms with Gasteiger partial charge in [0.1, 0.15) is 5.82 Å². The zero-order chi connectivity index (χ0) is 14.0. The molecule has 0 saturated carbocycles. The molecule has 5 nitrogen and oxygen atoms in total. The Kier molecular flexibility index (Phi) is 4.47. The number of aromatic nitrogens is 1. The molecule has 1 N–H and O–H groups in total. The molecule has 0 spiro atoms. The van der Waals surface area contributed by atoms with Gasteiger partial charge in [0.2, 0.25) is 10.0 Å². The van der Waals surface area contributed by atoms with E-state index in [1.165, 1.54) is 6.26 Å². The molecule has 0 amide bonds. The number of sulfonamides is 1. The fourth-order valence-corrected chi connectivity index (χ4v) is 3.68. The minimum atomic E-state index is -3.15. The third-order valence-electron chi connectivity index (χ3n) is 3.12. The van der Waals surface area contributed by atoms with Crippen molar-refractivity contribution in [2.45, 2.75) is 25.8 Å². The van der Waals surface area contributed by atoms with E-state index in [-0.39, 0.29) is 6.04 Å². The van der Waals surface area contributed by atoms with Crippen molar-refractivity contribution in [2.75, 3.05) is 24.2 Å². The highest BCUT2D eigenvalue weighted by molar-refractivity contribution is 9.10. The summed E-state index contributed by atoms with van der Waals surface area (Å²) in [5, 5.41) is 0. The first-order chi connectivity index (χ1) is 8.85. The number of pyridine rings is 1. The Bertz CT molecular complexity index is 562. The van der Waals surface area contributed by atoms with Gasteiger partial charge in [-0.05, 0) is 47.3 Å². The highest BCUT2D eigenvalue weighted by atomic mass is 79.9. The molecular weight excluding hydrogens is 330 g/mol. The third-order valence-corrected chi connectivity index (χ3v) is 4.31. The lowest BCUT2D eigenvalue weighted by Crippen LogP contribution is -2.47. The lowest BCUT2D eigenvalue weighted by atomic mass is 10.1. The van der Waals surface area contributed by atoms with Crippen LogP contribution in [-0.2, 0) is 10.0 Å². The van der Waals surface area contributed by atoms with Gasteiger partial charge in [0.05, 0.1) is 6.26 Å². The van der Waals surface area contributed by atoms with Crippen LogP contribution in [0.25, 0.3) is 0 Å². The first-order valence-electron chi connectivity index (χ1n) is 6.19. The van der Waals surface area contributed by atoms with Crippen molar-refractivity contribution < 1.29 is 8.42 Å². The number of hydrogen-bond acceptors (Lipinski definition) is 4. The monoisotopic (exact) mass is 347 g/mol. The smallest absolute Gasteiger partial charge is 0.209 e. The SMILES string of the molecule is Cc1cc(Br)cnc1N1CCC[C@H](NS(C)(=O)=O)C1. The first kappa shape index (κ1) is 14.7. The van der Waals surface area contributed by atoms with Gasteiger partial charge in [-0.1, -0.05) is 0 Å². The number of aryl methyl sites for hydroxylation is 1. The van der Waals surface area contributed by atoms with Gasteiger partial charge in [-0.3, -0.25) is 0 Å². The number of piperidine rings is 1. The average Bonchev–Trinajstić information content (AvgIpc) is 2.26. The van der Waals surface area contributed by atoms with Crippen molar-refractivity contribution in [3.05, 3.63) is 22.3 Å². The Morgan fingerprint density at radius 2 is 2.26 bits per heavy atom. The van der Waals surface area contributed by atoms with Crippen LogP contribution in [-0.4, -0.2) is 38.8 Å². The van der Waals surface area contributed by atoms with E-state index in [1.54, 1.807) is 6.20 Å². The maximum atomic E-state index is 11.3. The summed E-state index contributed by atoms with van der Waals surface area (Å²) >= 11 is 3.40. The minimum absolute atomic E-state index is 0.0337. The van der Waals surface area contributed by atoms with Crippen molar-refractivity contribution in [1.29, 1.82) is 0 Å². The third kappa shape index (κ3) is 4.15. The van der Waals surface area contributed by atoms with Crippen molar-refractivity contribution >= 4 is 31.8 Å². The second-order valence-electron chi connectivity index (χ2n) is 4.97. The standard InChI is InChI=1S/C12H18BrN3O2S/c1-9-6-10(13)7-14-12(9)16-5-3-4-11(8-16)15-19(2,17)18/h6-7,11,15H,3-5,8H2,1-2H3/t11-/m0/s1. The molecule has 1 fully saturated rings. The second kappa shape index (κ2) is 5.76. The summed E-state index contributed by atoms with van der Waals surface area (Å²) in [6.45, 7) is 3.60. The summed E-state index contributed by atoms with van der Waals surface area (Å²) in [5.74, 6) is 0.934. The fourth-order valence-electron chi connectivity index (χ4n) is 2.43. The van der Waals surface area contributed by atoms with Crippen molar-refractivity contribution in [2.24, 2.45) is 0 Å². The molecule has 0 radical (unpaired) electrons. The molecule has 0 aromatic carbocycles. The lowest BCUT2D eigenvalue weighted by Gasteiger charge is -2.34. The van der Waals surface area contributed by atoms with E-state index < -0.39 is 10.0 Å². The largest absolute Gasteiger partial charge is 0.355 e. The van der Waals surface area contributed by atoms with E-state index in [0.717, 1.165) is 35.2 Å². The molecule has 1 aromatic rings. The van der Waals surface area contributed by atoms with E-state index >= 15 is 0 Å². The average molecular weight is 348 g/mol. The van der Waals surface area contributed by atoms with E-state index in [4.69, 9.17) is 0 Å². The quantitative estimate of drug-likeness (QED) is 0.903. The van der Waals surface area contributed by atoms with E-state index in [0.29, 0.717) is 6.54 Å². The van der Waals surface area contributed by atoms with E-state index in [9.17, 15) is 8.42 Å². The maximum absolute atomic E-state index is 11.3. The van der Waals surface area contributed by atoms with Crippen molar-refractivity contribution in [1.82, 2.24) is 9.71 Å². The highest BCUT2D eigenvalue weighted by Gasteiger charge is 2.24. The summed E-state index contributed by atoms with van der Waals surface area (Å²) in [6, 6.07) is 1.99. The molecule has 2 heterocycles. The predicted molar refractivity (Wildman–Crippen MR) is 79.9 cm³/mol.